The Morgan fingerprint density at radius 2 is 2.05 bits per heavy atom. The molecule has 0 aromatic heterocycles. The number of carbonyl (C=O) groups is 1. The average molecular weight is 288 g/mol. The lowest BCUT2D eigenvalue weighted by Gasteiger charge is -2.11. The SMILES string of the molecule is CC(CCO)CNC(=O)c1cc(F)c(F)cc1[N+](=O)[O-]. The topological polar surface area (TPSA) is 92.5 Å². The van der Waals surface area contributed by atoms with Crippen molar-refractivity contribution in [2.24, 2.45) is 5.92 Å². The van der Waals surface area contributed by atoms with E-state index < -0.39 is 33.7 Å². The second-order valence-electron chi connectivity index (χ2n) is 4.37. The first-order chi connectivity index (χ1) is 9.36. The van der Waals surface area contributed by atoms with E-state index in [1.807, 2.05) is 0 Å². The van der Waals surface area contributed by atoms with Gasteiger partial charge in [-0.05, 0) is 18.4 Å². The molecule has 0 bridgehead atoms. The summed E-state index contributed by atoms with van der Waals surface area (Å²) in [4.78, 5) is 21.6. The van der Waals surface area contributed by atoms with Crippen molar-refractivity contribution in [2.75, 3.05) is 13.2 Å². The van der Waals surface area contributed by atoms with Gasteiger partial charge in [-0.2, -0.15) is 0 Å². The van der Waals surface area contributed by atoms with E-state index in [2.05, 4.69) is 5.32 Å². The minimum atomic E-state index is -1.39. The number of halogens is 2. The fraction of sp³-hybridized carbons (Fsp3) is 0.417. The van der Waals surface area contributed by atoms with Crippen LogP contribution in [0.5, 0.6) is 0 Å². The summed E-state index contributed by atoms with van der Waals surface area (Å²) in [5.41, 5.74) is -1.33. The lowest BCUT2D eigenvalue weighted by atomic mass is 10.1. The standard InChI is InChI=1S/C12H14F2N2O4/c1-7(2-3-17)6-15-12(18)8-4-9(13)10(14)5-11(8)16(19)20/h4-5,7,17H,2-3,6H2,1H3,(H,15,18). The van der Waals surface area contributed by atoms with E-state index in [9.17, 15) is 23.7 Å². The maximum absolute atomic E-state index is 13.1. The number of rotatable bonds is 6. The Hall–Kier alpha value is -2.09. The number of hydrogen-bond acceptors (Lipinski definition) is 4. The largest absolute Gasteiger partial charge is 0.396 e. The molecule has 2 N–H and O–H groups in total. The molecule has 1 atom stereocenters. The van der Waals surface area contributed by atoms with Crippen molar-refractivity contribution >= 4 is 11.6 Å². The second-order valence-corrected chi connectivity index (χ2v) is 4.37. The highest BCUT2D eigenvalue weighted by atomic mass is 19.2. The molecule has 6 nitrogen and oxygen atoms in total. The Kier molecular flexibility index (Phi) is 5.51. The zero-order chi connectivity index (χ0) is 15.3. The number of nitrogens with one attached hydrogen (secondary N) is 1. The molecule has 0 saturated carbocycles. The van der Waals surface area contributed by atoms with Gasteiger partial charge >= 0.3 is 0 Å². The van der Waals surface area contributed by atoms with E-state index in [0.29, 0.717) is 18.6 Å². The highest BCUT2D eigenvalue weighted by Crippen LogP contribution is 2.22. The van der Waals surface area contributed by atoms with Gasteiger partial charge < -0.3 is 10.4 Å². The number of nitro groups is 1. The van der Waals surface area contributed by atoms with Crippen LogP contribution < -0.4 is 5.32 Å². The molecule has 20 heavy (non-hydrogen) atoms. The van der Waals surface area contributed by atoms with Gasteiger partial charge in [0.25, 0.3) is 11.6 Å². The number of amides is 1. The number of aliphatic hydroxyl groups excluding tert-OH is 1. The van der Waals surface area contributed by atoms with Crippen molar-refractivity contribution in [1.82, 2.24) is 5.32 Å². The molecule has 1 aromatic carbocycles. The van der Waals surface area contributed by atoms with E-state index >= 15 is 0 Å². The van der Waals surface area contributed by atoms with Crippen LogP contribution in [0.4, 0.5) is 14.5 Å². The van der Waals surface area contributed by atoms with E-state index in [-0.39, 0.29) is 19.1 Å². The zero-order valence-electron chi connectivity index (χ0n) is 10.7. The molecule has 0 heterocycles. The molecule has 0 saturated heterocycles. The van der Waals surface area contributed by atoms with Crippen LogP contribution in [-0.2, 0) is 0 Å². The number of aliphatic hydroxyl groups is 1. The zero-order valence-corrected chi connectivity index (χ0v) is 10.7. The maximum atomic E-state index is 13.1. The summed E-state index contributed by atoms with van der Waals surface area (Å²) < 4.78 is 26.1. The van der Waals surface area contributed by atoms with Gasteiger partial charge in [0.2, 0.25) is 0 Å². The van der Waals surface area contributed by atoms with Crippen LogP contribution in [0.15, 0.2) is 12.1 Å². The molecule has 8 heteroatoms. The summed E-state index contributed by atoms with van der Waals surface area (Å²) in [5, 5.41) is 21.8. The predicted molar refractivity (Wildman–Crippen MR) is 66.2 cm³/mol. The van der Waals surface area contributed by atoms with Crippen molar-refractivity contribution in [3.63, 3.8) is 0 Å². The number of nitro benzene ring substituents is 1. The number of hydrogen-bond donors (Lipinski definition) is 2. The number of benzene rings is 1. The summed E-state index contributed by atoms with van der Waals surface area (Å²) in [6, 6.07) is 0.876. The van der Waals surface area contributed by atoms with Crippen molar-refractivity contribution < 1.29 is 23.6 Å². The molecule has 0 spiro atoms. The molecule has 110 valence electrons. The van der Waals surface area contributed by atoms with Crippen molar-refractivity contribution in [2.45, 2.75) is 13.3 Å². The predicted octanol–water partition coefficient (Wildman–Crippen LogP) is 1.62. The highest BCUT2D eigenvalue weighted by Gasteiger charge is 2.23. The lowest BCUT2D eigenvalue weighted by molar-refractivity contribution is -0.385. The van der Waals surface area contributed by atoms with Crippen LogP contribution in [0.2, 0.25) is 0 Å². The molecule has 1 amide bonds. The number of carbonyl (C=O) groups excluding carboxylic acids is 1. The van der Waals surface area contributed by atoms with Crippen LogP contribution in [-0.4, -0.2) is 29.1 Å². The highest BCUT2D eigenvalue weighted by molar-refractivity contribution is 5.98. The minimum Gasteiger partial charge on any atom is -0.396 e. The van der Waals surface area contributed by atoms with Gasteiger partial charge in [0.15, 0.2) is 11.6 Å². The van der Waals surface area contributed by atoms with Gasteiger partial charge in [0.05, 0.1) is 11.0 Å². The van der Waals surface area contributed by atoms with Crippen LogP contribution >= 0.6 is 0 Å². The van der Waals surface area contributed by atoms with Crippen LogP contribution in [0, 0.1) is 27.7 Å². The van der Waals surface area contributed by atoms with Gasteiger partial charge in [0, 0.05) is 13.2 Å². The fourth-order valence-electron chi connectivity index (χ4n) is 1.55. The first kappa shape index (κ1) is 16.0. The third-order valence-corrected chi connectivity index (χ3v) is 2.71. The molecule has 0 aliphatic rings. The van der Waals surface area contributed by atoms with E-state index in [1.54, 1.807) is 6.92 Å². The van der Waals surface area contributed by atoms with E-state index in [1.165, 1.54) is 0 Å². The van der Waals surface area contributed by atoms with Gasteiger partial charge in [-0.15, -0.1) is 0 Å². The Morgan fingerprint density at radius 1 is 1.45 bits per heavy atom. The third kappa shape index (κ3) is 3.95. The molecule has 1 rings (SSSR count). The van der Waals surface area contributed by atoms with E-state index in [0.717, 1.165) is 0 Å². The second kappa shape index (κ2) is 6.90. The maximum Gasteiger partial charge on any atom is 0.285 e. The third-order valence-electron chi connectivity index (χ3n) is 2.71. The normalized spacial score (nSPS) is 12.0. The van der Waals surface area contributed by atoms with Gasteiger partial charge in [-0.25, -0.2) is 8.78 Å². The summed E-state index contributed by atoms with van der Waals surface area (Å²) in [7, 11) is 0. The monoisotopic (exact) mass is 288 g/mol. The van der Waals surface area contributed by atoms with Gasteiger partial charge in [0.1, 0.15) is 5.56 Å². The molecule has 0 radical (unpaired) electrons. The van der Waals surface area contributed by atoms with Crippen molar-refractivity contribution in [3.8, 4) is 0 Å². The number of nitrogens with zero attached hydrogens (tertiary/aromatic N) is 1. The minimum absolute atomic E-state index is 0.0479. The first-order valence-corrected chi connectivity index (χ1v) is 5.89. The summed E-state index contributed by atoms with van der Waals surface area (Å²) in [5.74, 6) is -3.63. The van der Waals surface area contributed by atoms with Gasteiger partial charge in [-0.1, -0.05) is 6.92 Å². The van der Waals surface area contributed by atoms with Crippen molar-refractivity contribution in [1.29, 1.82) is 0 Å². The molecule has 0 aliphatic heterocycles. The molecule has 1 unspecified atom stereocenters. The Morgan fingerprint density at radius 3 is 2.60 bits per heavy atom. The van der Waals surface area contributed by atoms with E-state index in [4.69, 9.17) is 5.11 Å². The molecule has 0 fully saturated rings. The summed E-state index contributed by atoms with van der Waals surface area (Å²) in [6.45, 7) is 1.87. The summed E-state index contributed by atoms with van der Waals surface area (Å²) in [6.07, 6.45) is 0.445. The molecule has 0 aliphatic carbocycles. The molecular weight excluding hydrogens is 274 g/mol. The van der Waals surface area contributed by atoms with Gasteiger partial charge in [-0.3, -0.25) is 14.9 Å². The molecule has 1 aromatic rings. The molecular formula is C12H14F2N2O4. The fourth-order valence-corrected chi connectivity index (χ4v) is 1.55. The smallest absolute Gasteiger partial charge is 0.285 e. The average Bonchev–Trinajstić information content (AvgIpc) is 2.38. The Labute approximate surface area is 113 Å². The van der Waals surface area contributed by atoms with Crippen LogP contribution in [0.25, 0.3) is 0 Å². The quantitative estimate of drug-likeness (QED) is 0.614. The lowest BCUT2D eigenvalue weighted by Crippen LogP contribution is -2.29. The Balaban J connectivity index is 2.92. The van der Waals surface area contributed by atoms with Crippen LogP contribution in [0.3, 0.4) is 0 Å². The Bertz CT molecular complexity index is 522. The van der Waals surface area contributed by atoms with Crippen LogP contribution in [0.1, 0.15) is 23.7 Å². The first-order valence-electron chi connectivity index (χ1n) is 5.89. The van der Waals surface area contributed by atoms with Crippen molar-refractivity contribution in [3.05, 3.63) is 39.4 Å². The summed E-state index contributed by atoms with van der Waals surface area (Å²) >= 11 is 0.